The number of fused-ring (bicyclic) bond motifs is 1. The maximum Gasteiger partial charge on any atom is 0.260 e. The number of rotatable bonds is 4. The van der Waals surface area contributed by atoms with Crippen LogP contribution in [0.5, 0.6) is 17.2 Å². The minimum Gasteiger partial charge on any atom is -0.484 e. The summed E-state index contributed by atoms with van der Waals surface area (Å²) in [4.78, 5) is 16.1. The summed E-state index contributed by atoms with van der Waals surface area (Å²) in [6.45, 7) is 2.42. The van der Waals surface area contributed by atoms with Crippen LogP contribution in [-0.4, -0.2) is 50.4 Å². The van der Waals surface area contributed by atoms with Crippen LogP contribution in [0.25, 0.3) is 0 Å². The van der Waals surface area contributed by atoms with E-state index in [0.717, 1.165) is 0 Å². The molecule has 0 radical (unpaired) electrons. The minimum absolute atomic E-state index is 0.0423. The maximum absolute atomic E-state index is 13.9. The van der Waals surface area contributed by atoms with Crippen molar-refractivity contribution in [2.75, 3.05) is 44.5 Å². The fourth-order valence-corrected chi connectivity index (χ4v) is 3.11. The second-order valence-electron chi connectivity index (χ2n) is 6.12. The zero-order chi connectivity index (χ0) is 17.9. The number of benzene rings is 2. The zero-order valence-corrected chi connectivity index (χ0v) is 14.2. The molecule has 0 bridgehead atoms. The first kappa shape index (κ1) is 16.5. The zero-order valence-electron chi connectivity index (χ0n) is 14.2. The summed E-state index contributed by atoms with van der Waals surface area (Å²) >= 11 is 0. The van der Waals surface area contributed by atoms with Gasteiger partial charge in [-0.2, -0.15) is 0 Å². The Hall–Kier alpha value is -2.96. The van der Waals surface area contributed by atoms with E-state index in [1.165, 1.54) is 6.07 Å². The molecule has 2 aliphatic rings. The molecule has 2 aliphatic heterocycles. The average Bonchev–Trinajstić information content (AvgIpc) is 3.14. The van der Waals surface area contributed by atoms with Crippen LogP contribution in [0.3, 0.4) is 0 Å². The van der Waals surface area contributed by atoms with Gasteiger partial charge in [0.05, 0.1) is 5.69 Å². The smallest absolute Gasteiger partial charge is 0.260 e. The Morgan fingerprint density at radius 3 is 2.62 bits per heavy atom. The third-order valence-electron chi connectivity index (χ3n) is 4.53. The van der Waals surface area contributed by atoms with Gasteiger partial charge in [0.15, 0.2) is 18.1 Å². The largest absolute Gasteiger partial charge is 0.484 e. The number of para-hydroxylation sites is 1. The minimum atomic E-state index is -0.238. The van der Waals surface area contributed by atoms with Crippen molar-refractivity contribution in [2.45, 2.75) is 0 Å². The molecule has 0 saturated carbocycles. The van der Waals surface area contributed by atoms with Gasteiger partial charge in [0.2, 0.25) is 6.79 Å². The number of halogens is 1. The summed E-state index contributed by atoms with van der Waals surface area (Å²) in [7, 11) is 0. The topological polar surface area (TPSA) is 51.2 Å². The number of amides is 1. The molecule has 6 nitrogen and oxygen atoms in total. The highest BCUT2D eigenvalue weighted by molar-refractivity contribution is 5.78. The molecule has 136 valence electrons. The first-order valence-electron chi connectivity index (χ1n) is 8.50. The molecule has 0 N–H and O–H groups in total. The van der Waals surface area contributed by atoms with Crippen molar-refractivity contribution in [3.8, 4) is 17.2 Å². The van der Waals surface area contributed by atoms with Crippen molar-refractivity contribution in [1.29, 1.82) is 0 Å². The lowest BCUT2D eigenvalue weighted by molar-refractivity contribution is -0.133. The van der Waals surface area contributed by atoms with Crippen LogP contribution < -0.4 is 19.1 Å². The van der Waals surface area contributed by atoms with Gasteiger partial charge in [-0.1, -0.05) is 12.1 Å². The van der Waals surface area contributed by atoms with Gasteiger partial charge < -0.3 is 24.0 Å². The molecule has 0 aromatic heterocycles. The van der Waals surface area contributed by atoms with Crippen LogP contribution in [0.2, 0.25) is 0 Å². The summed E-state index contributed by atoms with van der Waals surface area (Å²) in [5.74, 6) is 1.53. The van der Waals surface area contributed by atoms with E-state index < -0.39 is 0 Å². The van der Waals surface area contributed by atoms with Crippen molar-refractivity contribution >= 4 is 11.6 Å². The molecule has 0 aliphatic carbocycles. The molecule has 4 rings (SSSR count). The molecule has 1 fully saturated rings. The van der Waals surface area contributed by atoms with Crippen molar-refractivity contribution in [3.05, 3.63) is 48.3 Å². The Balaban J connectivity index is 1.29. The molecule has 0 atom stereocenters. The van der Waals surface area contributed by atoms with E-state index in [4.69, 9.17) is 14.2 Å². The molecule has 1 amide bonds. The fraction of sp³-hybridized carbons (Fsp3) is 0.316. The van der Waals surface area contributed by atoms with Crippen LogP contribution in [-0.2, 0) is 4.79 Å². The van der Waals surface area contributed by atoms with E-state index in [9.17, 15) is 9.18 Å². The standard InChI is InChI=1S/C19H19FN2O4/c20-15-3-1-2-4-16(15)21-7-9-22(10-8-21)19(23)12-24-14-5-6-17-18(11-14)26-13-25-17/h1-6,11H,7-10,12-13H2. The number of hydrogen-bond acceptors (Lipinski definition) is 5. The number of nitrogens with zero attached hydrogens (tertiary/aromatic N) is 2. The van der Waals surface area contributed by atoms with E-state index in [0.29, 0.717) is 49.1 Å². The van der Waals surface area contributed by atoms with Crippen LogP contribution in [0.1, 0.15) is 0 Å². The molecule has 26 heavy (non-hydrogen) atoms. The van der Waals surface area contributed by atoms with Crippen molar-refractivity contribution in [1.82, 2.24) is 4.90 Å². The van der Waals surface area contributed by atoms with E-state index in [1.54, 1.807) is 35.2 Å². The third-order valence-corrected chi connectivity index (χ3v) is 4.53. The van der Waals surface area contributed by atoms with Crippen LogP contribution >= 0.6 is 0 Å². The van der Waals surface area contributed by atoms with Gasteiger partial charge in [-0.15, -0.1) is 0 Å². The first-order valence-corrected chi connectivity index (χ1v) is 8.50. The monoisotopic (exact) mass is 358 g/mol. The molecule has 7 heteroatoms. The lowest BCUT2D eigenvalue weighted by Crippen LogP contribution is -2.50. The van der Waals surface area contributed by atoms with E-state index in [2.05, 4.69) is 0 Å². The Bertz CT molecular complexity index is 806. The second-order valence-corrected chi connectivity index (χ2v) is 6.12. The highest BCUT2D eigenvalue weighted by Gasteiger charge is 2.23. The Morgan fingerprint density at radius 2 is 1.81 bits per heavy atom. The summed E-state index contributed by atoms with van der Waals surface area (Å²) in [6.07, 6.45) is 0. The van der Waals surface area contributed by atoms with Crippen molar-refractivity contribution < 1.29 is 23.4 Å². The Morgan fingerprint density at radius 1 is 1.04 bits per heavy atom. The van der Waals surface area contributed by atoms with Crippen LogP contribution in [0.15, 0.2) is 42.5 Å². The Labute approximate surface area is 150 Å². The quantitative estimate of drug-likeness (QED) is 0.839. The summed E-state index contributed by atoms with van der Waals surface area (Å²) in [6, 6.07) is 11.9. The Kier molecular flexibility index (Phi) is 4.51. The number of hydrogen-bond donors (Lipinski definition) is 0. The summed E-state index contributed by atoms with van der Waals surface area (Å²) in [5, 5.41) is 0. The van der Waals surface area contributed by atoms with Gasteiger partial charge in [-0.3, -0.25) is 4.79 Å². The number of carbonyl (C=O) groups is 1. The number of carbonyl (C=O) groups excluding carboxylic acids is 1. The van der Waals surface area contributed by atoms with Crippen LogP contribution in [0.4, 0.5) is 10.1 Å². The molecule has 1 saturated heterocycles. The summed E-state index contributed by atoms with van der Waals surface area (Å²) < 4.78 is 30.0. The lowest BCUT2D eigenvalue weighted by atomic mass is 10.2. The van der Waals surface area contributed by atoms with Gasteiger partial charge in [-0.25, -0.2) is 4.39 Å². The first-order chi connectivity index (χ1) is 12.7. The van der Waals surface area contributed by atoms with E-state index in [-0.39, 0.29) is 25.1 Å². The lowest BCUT2D eigenvalue weighted by Gasteiger charge is -2.36. The highest BCUT2D eigenvalue weighted by atomic mass is 19.1. The number of piperazine rings is 1. The average molecular weight is 358 g/mol. The fourth-order valence-electron chi connectivity index (χ4n) is 3.11. The molecule has 0 unspecified atom stereocenters. The summed E-state index contributed by atoms with van der Waals surface area (Å²) in [5.41, 5.74) is 0.580. The number of anilines is 1. The van der Waals surface area contributed by atoms with Crippen molar-refractivity contribution in [2.24, 2.45) is 0 Å². The predicted molar refractivity (Wildman–Crippen MR) is 93.3 cm³/mol. The van der Waals surface area contributed by atoms with Gasteiger partial charge in [-0.05, 0) is 24.3 Å². The third kappa shape index (κ3) is 3.37. The number of ether oxygens (including phenoxy) is 3. The van der Waals surface area contributed by atoms with Gasteiger partial charge in [0, 0.05) is 32.2 Å². The molecule has 2 heterocycles. The van der Waals surface area contributed by atoms with E-state index in [1.807, 2.05) is 11.0 Å². The van der Waals surface area contributed by atoms with Gasteiger partial charge in [0.25, 0.3) is 5.91 Å². The maximum atomic E-state index is 13.9. The molecule has 0 spiro atoms. The normalized spacial score (nSPS) is 15.9. The molecule has 2 aromatic carbocycles. The molecule has 2 aromatic rings. The van der Waals surface area contributed by atoms with Crippen LogP contribution in [0, 0.1) is 5.82 Å². The van der Waals surface area contributed by atoms with E-state index >= 15 is 0 Å². The highest BCUT2D eigenvalue weighted by Crippen LogP contribution is 2.35. The second kappa shape index (κ2) is 7.11. The predicted octanol–water partition coefficient (Wildman–Crippen LogP) is 2.28. The molecular formula is C19H19FN2O4. The van der Waals surface area contributed by atoms with Gasteiger partial charge in [0.1, 0.15) is 11.6 Å². The molecular weight excluding hydrogens is 339 g/mol. The van der Waals surface area contributed by atoms with Crippen molar-refractivity contribution in [3.63, 3.8) is 0 Å². The SMILES string of the molecule is O=C(COc1ccc2c(c1)OCO2)N1CCN(c2ccccc2F)CC1. The van der Waals surface area contributed by atoms with Gasteiger partial charge >= 0.3 is 0 Å².